The molecule has 0 aliphatic heterocycles. The predicted molar refractivity (Wildman–Crippen MR) is 72.7 cm³/mol. The molecule has 0 heterocycles. The van der Waals surface area contributed by atoms with Crippen LogP contribution in [0.25, 0.3) is 0 Å². The van der Waals surface area contributed by atoms with Gasteiger partial charge in [-0.05, 0) is 38.0 Å². The summed E-state index contributed by atoms with van der Waals surface area (Å²) in [7, 11) is 1.89. The second kappa shape index (κ2) is 6.40. The van der Waals surface area contributed by atoms with Crippen LogP contribution in [0.1, 0.15) is 51.4 Å². The second-order valence-corrected chi connectivity index (χ2v) is 6.23. The number of hydrogen-bond donors (Lipinski definition) is 1. The second-order valence-electron chi connectivity index (χ2n) is 6.23. The average molecular weight is 267 g/mol. The van der Waals surface area contributed by atoms with E-state index in [1.807, 2.05) is 11.9 Å². The number of aliphatic carboxylic acids is 1. The van der Waals surface area contributed by atoms with Crippen LogP contribution in [0.4, 0.5) is 0 Å². The van der Waals surface area contributed by atoms with Crippen molar-refractivity contribution in [3.63, 3.8) is 0 Å². The fourth-order valence-electron chi connectivity index (χ4n) is 3.17. The molecule has 2 rings (SSSR count). The number of carboxylic acids is 1. The molecular formula is C15H25NO3. The molecular weight excluding hydrogens is 242 g/mol. The van der Waals surface area contributed by atoms with E-state index in [0.717, 1.165) is 31.7 Å². The third kappa shape index (κ3) is 3.71. The van der Waals surface area contributed by atoms with E-state index in [4.69, 9.17) is 5.11 Å². The van der Waals surface area contributed by atoms with E-state index in [0.29, 0.717) is 12.8 Å². The van der Waals surface area contributed by atoms with Crippen LogP contribution in [0, 0.1) is 17.8 Å². The molecule has 0 aromatic rings. The SMILES string of the molecule is CN(CCC1CCC1)C(=O)C1CCC(C(=O)O)CC1. The summed E-state index contributed by atoms with van der Waals surface area (Å²) in [4.78, 5) is 25.0. The molecule has 0 radical (unpaired) electrons. The summed E-state index contributed by atoms with van der Waals surface area (Å²) < 4.78 is 0. The third-order valence-corrected chi connectivity index (χ3v) is 4.90. The van der Waals surface area contributed by atoms with Crippen LogP contribution in [-0.4, -0.2) is 35.5 Å². The fourth-order valence-corrected chi connectivity index (χ4v) is 3.17. The molecule has 2 saturated carbocycles. The minimum atomic E-state index is -0.704. The molecule has 0 aromatic carbocycles. The number of hydrogen-bond acceptors (Lipinski definition) is 2. The van der Waals surface area contributed by atoms with E-state index >= 15 is 0 Å². The van der Waals surface area contributed by atoms with Gasteiger partial charge in [-0.25, -0.2) is 0 Å². The zero-order valence-electron chi connectivity index (χ0n) is 11.8. The molecule has 4 nitrogen and oxygen atoms in total. The van der Waals surface area contributed by atoms with Gasteiger partial charge in [0.2, 0.25) is 5.91 Å². The Morgan fingerprint density at radius 1 is 1.05 bits per heavy atom. The lowest BCUT2D eigenvalue weighted by molar-refractivity contribution is -0.145. The van der Waals surface area contributed by atoms with Crippen LogP contribution >= 0.6 is 0 Å². The van der Waals surface area contributed by atoms with Crippen molar-refractivity contribution in [2.75, 3.05) is 13.6 Å². The van der Waals surface area contributed by atoms with Gasteiger partial charge in [-0.2, -0.15) is 0 Å². The van der Waals surface area contributed by atoms with Gasteiger partial charge in [-0.15, -0.1) is 0 Å². The molecule has 108 valence electrons. The van der Waals surface area contributed by atoms with Crippen LogP contribution in [0.2, 0.25) is 0 Å². The van der Waals surface area contributed by atoms with E-state index < -0.39 is 5.97 Å². The molecule has 0 saturated heterocycles. The highest BCUT2D eigenvalue weighted by atomic mass is 16.4. The third-order valence-electron chi connectivity index (χ3n) is 4.90. The van der Waals surface area contributed by atoms with E-state index in [-0.39, 0.29) is 17.7 Å². The first-order valence-electron chi connectivity index (χ1n) is 7.55. The summed E-state index contributed by atoms with van der Waals surface area (Å²) in [6.07, 6.45) is 7.92. The predicted octanol–water partition coefficient (Wildman–Crippen LogP) is 2.53. The molecule has 19 heavy (non-hydrogen) atoms. The Hall–Kier alpha value is -1.06. The van der Waals surface area contributed by atoms with Crippen molar-refractivity contribution in [1.29, 1.82) is 0 Å². The lowest BCUT2D eigenvalue weighted by Crippen LogP contribution is -2.37. The number of carbonyl (C=O) groups is 2. The van der Waals surface area contributed by atoms with Crippen molar-refractivity contribution >= 4 is 11.9 Å². The number of rotatable bonds is 5. The molecule has 2 aliphatic carbocycles. The molecule has 2 aliphatic rings. The summed E-state index contributed by atoms with van der Waals surface area (Å²) >= 11 is 0. The molecule has 2 fully saturated rings. The number of amides is 1. The van der Waals surface area contributed by atoms with Crippen molar-refractivity contribution in [2.45, 2.75) is 51.4 Å². The monoisotopic (exact) mass is 267 g/mol. The zero-order valence-corrected chi connectivity index (χ0v) is 11.8. The number of nitrogens with zero attached hydrogens (tertiary/aromatic N) is 1. The highest BCUT2D eigenvalue weighted by Gasteiger charge is 2.31. The van der Waals surface area contributed by atoms with Crippen molar-refractivity contribution in [3.8, 4) is 0 Å². The molecule has 0 unspecified atom stereocenters. The Morgan fingerprint density at radius 2 is 1.63 bits per heavy atom. The van der Waals surface area contributed by atoms with Gasteiger partial charge in [0.1, 0.15) is 0 Å². The molecule has 1 N–H and O–H groups in total. The molecule has 0 aromatic heterocycles. The Morgan fingerprint density at radius 3 is 2.11 bits per heavy atom. The quantitative estimate of drug-likeness (QED) is 0.832. The largest absolute Gasteiger partial charge is 0.481 e. The molecule has 0 atom stereocenters. The van der Waals surface area contributed by atoms with E-state index in [1.165, 1.54) is 19.3 Å². The highest BCUT2D eigenvalue weighted by Crippen LogP contribution is 2.31. The summed E-state index contributed by atoms with van der Waals surface area (Å²) in [5.74, 6) is 0.178. The van der Waals surface area contributed by atoms with Gasteiger partial charge in [0.25, 0.3) is 0 Å². The maximum Gasteiger partial charge on any atom is 0.306 e. The topological polar surface area (TPSA) is 57.6 Å². The molecule has 0 spiro atoms. The van der Waals surface area contributed by atoms with Gasteiger partial charge in [-0.1, -0.05) is 19.3 Å². The van der Waals surface area contributed by atoms with Gasteiger partial charge in [0, 0.05) is 19.5 Å². The summed E-state index contributed by atoms with van der Waals surface area (Å²) in [5, 5.41) is 8.96. The smallest absolute Gasteiger partial charge is 0.306 e. The Labute approximate surface area is 115 Å². The summed E-state index contributed by atoms with van der Waals surface area (Å²) in [5.41, 5.74) is 0. The van der Waals surface area contributed by atoms with Crippen LogP contribution < -0.4 is 0 Å². The van der Waals surface area contributed by atoms with Gasteiger partial charge >= 0.3 is 5.97 Å². The minimum absolute atomic E-state index is 0.0574. The molecule has 0 bridgehead atoms. The van der Waals surface area contributed by atoms with E-state index in [2.05, 4.69) is 0 Å². The van der Waals surface area contributed by atoms with Gasteiger partial charge < -0.3 is 10.0 Å². The number of carboxylic acid groups (broad SMARTS) is 1. The van der Waals surface area contributed by atoms with E-state index in [9.17, 15) is 9.59 Å². The van der Waals surface area contributed by atoms with Crippen LogP contribution in [-0.2, 0) is 9.59 Å². The first kappa shape index (κ1) is 14.4. The zero-order chi connectivity index (χ0) is 13.8. The van der Waals surface area contributed by atoms with Crippen molar-refractivity contribution in [2.24, 2.45) is 17.8 Å². The molecule has 4 heteroatoms. The normalized spacial score (nSPS) is 27.6. The minimum Gasteiger partial charge on any atom is -0.481 e. The first-order chi connectivity index (χ1) is 9.08. The van der Waals surface area contributed by atoms with Crippen LogP contribution in [0.5, 0.6) is 0 Å². The molecule has 1 amide bonds. The maximum atomic E-state index is 12.3. The van der Waals surface area contributed by atoms with Gasteiger partial charge in [-0.3, -0.25) is 9.59 Å². The lowest BCUT2D eigenvalue weighted by Gasteiger charge is -2.31. The van der Waals surface area contributed by atoms with Crippen molar-refractivity contribution in [3.05, 3.63) is 0 Å². The standard InChI is InChI=1S/C15H25NO3/c1-16(10-9-11-3-2-4-11)14(17)12-5-7-13(8-6-12)15(18)19/h11-13H,2-10H2,1H3,(H,18,19). The Bertz CT molecular complexity index is 330. The number of carbonyl (C=O) groups excluding carboxylic acids is 1. The van der Waals surface area contributed by atoms with E-state index in [1.54, 1.807) is 0 Å². The van der Waals surface area contributed by atoms with Crippen LogP contribution in [0.15, 0.2) is 0 Å². The van der Waals surface area contributed by atoms with Gasteiger partial charge in [0.05, 0.1) is 5.92 Å². The summed E-state index contributed by atoms with van der Waals surface area (Å²) in [6, 6.07) is 0. The maximum absolute atomic E-state index is 12.3. The Balaban J connectivity index is 1.71. The van der Waals surface area contributed by atoms with Crippen molar-refractivity contribution < 1.29 is 14.7 Å². The lowest BCUT2D eigenvalue weighted by atomic mass is 9.81. The first-order valence-corrected chi connectivity index (χ1v) is 7.55. The van der Waals surface area contributed by atoms with Gasteiger partial charge in [0.15, 0.2) is 0 Å². The average Bonchev–Trinajstić information content (AvgIpc) is 2.36. The Kier molecular flexibility index (Phi) is 4.83. The highest BCUT2D eigenvalue weighted by molar-refractivity contribution is 5.79. The van der Waals surface area contributed by atoms with Crippen LogP contribution in [0.3, 0.4) is 0 Å². The fraction of sp³-hybridized carbons (Fsp3) is 0.867. The summed E-state index contributed by atoms with van der Waals surface area (Å²) in [6.45, 7) is 0.863. The van der Waals surface area contributed by atoms with Crippen molar-refractivity contribution in [1.82, 2.24) is 4.90 Å².